The van der Waals surface area contributed by atoms with Gasteiger partial charge in [0.25, 0.3) is 0 Å². The van der Waals surface area contributed by atoms with Crippen LogP contribution >= 0.6 is 11.3 Å². The van der Waals surface area contributed by atoms with Gasteiger partial charge in [-0.2, -0.15) is 0 Å². The number of ketones is 1. The summed E-state index contributed by atoms with van der Waals surface area (Å²) >= 11 is 1.11. The van der Waals surface area contributed by atoms with Crippen LogP contribution in [-0.4, -0.2) is 21.8 Å². The zero-order chi connectivity index (χ0) is 23.8. The van der Waals surface area contributed by atoms with Crippen LogP contribution in [0, 0.1) is 23.5 Å². The van der Waals surface area contributed by atoms with Crippen LogP contribution in [0.4, 0.5) is 19.6 Å². The number of anilines is 2. The quantitative estimate of drug-likeness (QED) is 0.303. The lowest BCUT2D eigenvalue weighted by Crippen LogP contribution is -2.15. The molecule has 0 saturated heterocycles. The molecule has 1 heterocycles. The number of aliphatic carboxylic acids is 1. The van der Waals surface area contributed by atoms with Gasteiger partial charge in [0, 0.05) is 28.8 Å². The fourth-order valence-corrected chi connectivity index (χ4v) is 5.39. The van der Waals surface area contributed by atoms with Gasteiger partial charge in [-0.3, -0.25) is 9.59 Å². The van der Waals surface area contributed by atoms with Crippen molar-refractivity contribution in [2.45, 2.75) is 19.3 Å². The molecule has 2 N–H and O–H groups in total. The molecule has 0 aliphatic heterocycles. The summed E-state index contributed by atoms with van der Waals surface area (Å²) < 4.78 is 28.2. The van der Waals surface area contributed by atoms with Crippen molar-refractivity contribution in [2.75, 3.05) is 5.32 Å². The fourth-order valence-electron chi connectivity index (χ4n) is 4.48. The summed E-state index contributed by atoms with van der Waals surface area (Å²) in [6.07, 6.45) is 1.37. The van der Waals surface area contributed by atoms with Gasteiger partial charge in [0.05, 0.1) is 10.6 Å². The van der Waals surface area contributed by atoms with E-state index >= 15 is 0 Å². The third kappa shape index (κ3) is 4.28. The number of Topliss-reactive ketones (excluding diaryl/α,β-unsaturated/α-hetero) is 1. The highest BCUT2D eigenvalue weighted by Crippen LogP contribution is 2.38. The lowest BCUT2D eigenvalue weighted by Gasteiger charge is -2.14. The molecule has 5 nitrogen and oxygen atoms in total. The van der Waals surface area contributed by atoms with Crippen molar-refractivity contribution in [3.8, 4) is 11.1 Å². The zero-order valence-corrected chi connectivity index (χ0v) is 18.7. The molecule has 1 fully saturated rings. The number of thiazole rings is 1. The topological polar surface area (TPSA) is 79.3 Å². The minimum absolute atomic E-state index is 0.0769. The van der Waals surface area contributed by atoms with Crippen molar-refractivity contribution in [2.24, 2.45) is 11.8 Å². The van der Waals surface area contributed by atoms with Crippen molar-refractivity contribution in [3.63, 3.8) is 0 Å². The number of hydrogen-bond donors (Lipinski definition) is 2. The Labute approximate surface area is 198 Å². The molecule has 1 aliphatic rings. The van der Waals surface area contributed by atoms with Crippen molar-refractivity contribution < 1.29 is 23.5 Å². The van der Waals surface area contributed by atoms with E-state index in [0.717, 1.165) is 28.5 Å². The minimum atomic E-state index is -0.864. The third-order valence-corrected chi connectivity index (χ3v) is 7.11. The molecule has 0 radical (unpaired) electrons. The smallest absolute Gasteiger partial charge is 0.306 e. The van der Waals surface area contributed by atoms with Crippen molar-refractivity contribution in [1.29, 1.82) is 0 Å². The van der Waals surface area contributed by atoms with Crippen molar-refractivity contribution in [3.05, 3.63) is 77.9 Å². The number of hydrogen-bond acceptors (Lipinski definition) is 5. The van der Waals surface area contributed by atoms with E-state index in [9.17, 15) is 23.5 Å². The summed E-state index contributed by atoms with van der Waals surface area (Å²) in [5, 5.41) is 12.8. The molecule has 0 bridgehead atoms. The molecule has 2 unspecified atom stereocenters. The average Bonchev–Trinajstić information content (AvgIpc) is 3.47. The molecule has 1 saturated carbocycles. The molecule has 4 aromatic rings. The Morgan fingerprint density at radius 1 is 1.00 bits per heavy atom. The van der Waals surface area contributed by atoms with Gasteiger partial charge in [0.1, 0.15) is 11.3 Å². The standard InChI is InChI=1S/C26H20F2N2O3S/c27-18-12-20(28)23-22(13-18)34-26(30-23)29-21-11-16(8-9-19(21)14-4-2-1-3-5-14)24(31)15-6-7-17(10-15)25(32)33/h1-5,8-9,11-13,15,17H,6-7,10H2,(H,29,30)(H,32,33). The van der Waals surface area contributed by atoms with Gasteiger partial charge in [-0.1, -0.05) is 53.8 Å². The number of carboxylic acid groups (broad SMARTS) is 1. The van der Waals surface area contributed by atoms with Gasteiger partial charge in [-0.25, -0.2) is 13.8 Å². The Kier molecular flexibility index (Phi) is 5.83. The highest BCUT2D eigenvalue weighted by molar-refractivity contribution is 7.22. The number of rotatable bonds is 6. The monoisotopic (exact) mass is 478 g/mol. The van der Waals surface area contributed by atoms with E-state index < -0.39 is 23.5 Å². The first kappa shape index (κ1) is 22.2. The van der Waals surface area contributed by atoms with Crippen LogP contribution in [0.5, 0.6) is 0 Å². The normalized spacial score (nSPS) is 17.7. The van der Waals surface area contributed by atoms with E-state index in [2.05, 4.69) is 10.3 Å². The van der Waals surface area contributed by atoms with Crippen molar-refractivity contribution >= 4 is 44.1 Å². The second-order valence-electron chi connectivity index (χ2n) is 8.41. The van der Waals surface area contributed by atoms with E-state index in [1.165, 1.54) is 6.07 Å². The van der Waals surface area contributed by atoms with E-state index in [1.54, 1.807) is 12.1 Å². The Balaban J connectivity index is 1.52. The van der Waals surface area contributed by atoms with E-state index in [0.29, 0.717) is 40.3 Å². The minimum Gasteiger partial charge on any atom is -0.481 e. The number of carbonyl (C=O) groups is 2. The number of nitrogens with zero attached hydrogens (tertiary/aromatic N) is 1. The predicted molar refractivity (Wildman–Crippen MR) is 127 cm³/mol. The highest BCUT2D eigenvalue weighted by Gasteiger charge is 2.34. The van der Waals surface area contributed by atoms with E-state index in [1.807, 2.05) is 36.4 Å². The lowest BCUT2D eigenvalue weighted by atomic mass is 9.93. The van der Waals surface area contributed by atoms with Crippen LogP contribution in [0.2, 0.25) is 0 Å². The number of nitrogens with one attached hydrogen (secondary N) is 1. The summed E-state index contributed by atoms with van der Waals surface area (Å²) in [4.78, 5) is 28.8. The second kappa shape index (κ2) is 8.95. The fraction of sp³-hybridized carbons (Fsp3) is 0.192. The first-order valence-electron chi connectivity index (χ1n) is 10.9. The molecular formula is C26H20F2N2O3S. The number of halogens is 2. The maximum Gasteiger partial charge on any atom is 0.306 e. The van der Waals surface area contributed by atoms with Gasteiger partial charge in [-0.05, 0) is 37.0 Å². The molecule has 1 aromatic heterocycles. The van der Waals surface area contributed by atoms with Crippen molar-refractivity contribution in [1.82, 2.24) is 4.98 Å². The highest BCUT2D eigenvalue weighted by atomic mass is 32.1. The third-order valence-electron chi connectivity index (χ3n) is 6.20. The zero-order valence-electron chi connectivity index (χ0n) is 17.9. The number of benzene rings is 3. The molecule has 3 aromatic carbocycles. The number of aromatic nitrogens is 1. The maximum absolute atomic E-state index is 14.2. The summed E-state index contributed by atoms with van der Waals surface area (Å²) in [5.74, 6) is -3.20. The van der Waals surface area contributed by atoms with Crippen LogP contribution in [0.25, 0.3) is 21.3 Å². The average molecular weight is 479 g/mol. The van der Waals surface area contributed by atoms with Crippen LogP contribution in [0.1, 0.15) is 29.6 Å². The largest absolute Gasteiger partial charge is 0.481 e. The first-order chi connectivity index (χ1) is 16.4. The maximum atomic E-state index is 14.2. The van der Waals surface area contributed by atoms with Crippen LogP contribution in [0.15, 0.2) is 60.7 Å². The molecule has 8 heteroatoms. The van der Waals surface area contributed by atoms with Gasteiger partial charge in [0.2, 0.25) is 0 Å². The predicted octanol–water partition coefficient (Wildman–Crippen LogP) is 6.67. The molecule has 5 rings (SSSR count). The summed E-state index contributed by atoms with van der Waals surface area (Å²) in [6.45, 7) is 0. The number of fused-ring (bicyclic) bond motifs is 1. The second-order valence-corrected chi connectivity index (χ2v) is 9.44. The molecular weight excluding hydrogens is 458 g/mol. The summed E-state index contributed by atoms with van der Waals surface area (Å²) in [7, 11) is 0. The molecule has 34 heavy (non-hydrogen) atoms. The first-order valence-corrected chi connectivity index (χ1v) is 11.7. The number of carbonyl (C=O) groups excluding carboxylic acids is 1. The Bertz CT molecular complexity index is 1400. The van der Waals surface area contributed by atoms with Crippen LogP contribution < -0.4 is 5.32 Å². The molecule has 1 aliphatic carbocycles. The van der Waals surface area contributed by atoms with Gasteiger partial charge < -0.3 is 10.4 Å². The van der Waals surface area contributed by atoms with E-state index in [4.69, 9.17) is 0 Å². The van der Waals surface area contributed by atoms with Gasteiger partial charge in [0.15, 0.2) is 16.7 Å². The molecule has 0 spiro atoms. The Morgan fingerprint density at radius 2 is 1.76 bits per heavy atom. The van der Waals surface area contributed by atoms with E-state index in [-0.39, 0.29) is 17.2 Å². The summed E-state index contributed by atoms with van der Waals surface area (Å²) in [6, 6.07) is 16.9. The summed E-state index contributed by atoms with van der Waals surface area (Å²) in [5.41, 5.74) is 2.88. The van der Waals surface area contributed by atoms with Gasteiger partial charge >= 0.3 is 5.97 Å². The van der Waals surface area contributed by atoms with Crippen LogP contribution in [0.3, 0.4) is 0 Å². The molecule has 0 amide bonds. The lowest BCUT2D eigenvalue weighted by molar-refractivity contribution is -0.141. The van der Waals surface area contributed by atoms with Gasteiger partial charge in [-0.15, -0.1) is 0 Å². The van der Waals surface area contributed by atoms with Crippen LogP contribution in [-0.2, 0) is 4.79 Å². The Morgan fingerprint density at radius 3 is 2.50 bits per heavy atom. The SMILES string of the molecule is O=C(O)C1CCC(C(=O)c2ccc(-c3ccccc3)c(Nc3nc4c(F)cc(F)cc4s3)c2)C1. The molecule has 172 valence electrons. The molecule has 2 atom stereocenters. The number of carboxylic acids is 1. The Hall–Kier alpha value is -3.65.